The molecule has 4 bridgehead atoms. The maximum absolute atomic E-state index is 13.6. The topological polar surface area (TPSA) is 112 Å². The summed E-state index contributed by atoms with van der Waals surface area (Å²) >= 11 is 0. The van der Waals surface area contributed by atoms with Crippen LogP contribution in [0.15, 0.2) is 23.0 Å². The lowest BCUT2D eigenvalue weighted by atomic mass is 9.47. The third-order valence-electron chi connectivity index (χ3n) is 10.8. The standard InChI is InChI=1S/C26H30O8/c1-22(2)14-4-5-19(28)33-25(14)15-6-8-23(3)16(11-20(29)32-21(23)13-7-9-31-12-13)24(15)17(10-18(22)27)26(25,30)34-24/h7,9,12,14-17,21,30H,4-6,8,10-11H2,1-3H3/t14-,15+,16-,17+,21-,23+,24-,25+,26+/m0/s1. The maximum atomic E-state index is 13.6. The van der Waals surface area contributed by atoms with E-state index >= 15 is 0 Å². The van der Waals surface area contributed by atoms with Crippen molar-refractivity contribution in [2.45, 2.75) is 82.4 Å². The fourth-order valence-electron chi connectivity index (χ4n) is 9.37. The minimum Gasteiger partial charge on any atom is -0.472 e. The third kappa shape index (κ3) is 1.98. The van der Waals surface area contributed by atoms with Crippen LogP contribution in [0.5, 0.6) is 0 Å². The number of carbonyl (C=O) groups is 3. The van der Waals surface area contributed by atoms with Gasteiger partial charge in [-0.3, -0.25) is 14.4 Å². The number of aliphatic hydroxyl groups is 1. The normalized spacial score (nSPS) is 52.4. The molecule has 4 heterocycles. The number of rotatable bonds is 1. The van der Waals surface area contributed by atoms with Gasteiger partial charge in [-0.05, 0) is 25.3 Å². The van der Waals surface area contributed by atoms with E-state index in [1.165, 1.54) is 0 Å². The summed E-state index contributed by atoms with van der Waals surface area (Å²) in [4.78, 5) is 39.2. The molecule has 9 atom stereocenters. The van der Waals surface area contributed by atoms with Crippen molar-refractivity contribution in [3.63, 3.8) is 0 Å². The average molecular weight is 471 g/mol. The van der Waals surface area contributed by atoms with E-state index in [1.807, 2.05) is 19.9 Å². The smallest absolute Gasteiger partial charge is 0.306 e. The van der Waals surface area contributed by atoms with Gasteiger partial charge in [-0.25, -0.2) is 0 Å². The van der Waals surface area contributed by atoms with E-state index in [0.717, 1.165) is 5.56 Å². The number of hydrogen-bond acceptors (Lipinski definition) is 8. The van der Waals surface area contributed by atoms with E-state index in [-0.39, 0.29) is 54.7 Å². The second-order valence-corrected chi connectivity index (χ2v) is 12.2. The zero-order chi connectivity index (χ0) is 23.9. The molecular formula is C26H30O8. The van der Waals surface area contributed by atoms with Crippen LogP contribution in [0.1, 0.15) is 71.0 Å². The van der Waals surface area contributed by atoms with Crippen LogP contribution >= 0.6 is 0 Å². The highest BCUT2D eigenvalue weighted by Gasteiger charge is 2.94. The van der Waals surface area contributed by atoms with Crippen molar-refractivity contribution in [1.82, 2.24) is 0 Å². The Kier molecular flexibility index (Phi) is 3.70. The molecule has 0 aromatic carbocycles. The third-order valence-corrected chi connectivity index (χ3v) is 10.8. The molecule has 6 aliphatic rings. The van der Waals surface area contributed by atoms with Crippen LogP contribution in [0.3, 0.4) is 0 Å². The zero-order valence-corrected chi connectivity index (χ0v) is 19.7. The first-order valence-corrected chi connectivity index (χ1v) is 12.4. The molecule has 1 aromatic rings. The Morgan fingerprint density at radius 3 is 2.50 bits per heavy atom. The van der Waals surface area contributed by atoms with Crippen LogP contribution in [0.2, 0.25) is 0 Å². The molecule has 1 aromatic heterocycles. The molecular weight excluding hydrogens is 440 g/mol. The summed E-state index contributed by atoms with van der Waals surface area (Å²) in [6, 6.07) is 1.81. The van der Waals surface area contributed by atoms with Crippen LogP contribution < -0.4 is 0 Å². The second-order valence-electron chi connectivity index (χ2n) is 12.2. The molecule has 6 fully saturated rings. The van der Waals surface area contributed by atoms with Crippen molar-refractivity contribution in [2.24, 2.45) is 34.5 Å². The van der Waals surface area contributed by atoms with Gasteiger partial charge in [-0.1, -0.05) is 20.8 Å². The molecule has 182 valence electrons. The van der Waals surface area contributed by atoms with Gasteiger partial charge >= 0.3 is 11.9 Å². The van der Waals surface area contributed by atoms with E-state index in [4.69, 9.17) is 18.6 Å². The van der Waals surface area contributed by atoms with E-state index < -0.39 is 39.8 Å². The van der Waals surface area contributed by atoms with Gasteiger partial charge in [-0.2, -0.15) is 0 Å². The number of Topliss-reactive ketones (excluding diaryl/α,β-unsaturated/α-hetero) is 1. The Labute approximate surface area is 197 Å². The molecule has 0 amide bonds. The zero-order valence-electron chi connectivity index (χ0n) is 19.7. The molecule has 2 spiro atoms. The summed E-state index contributed by atoms with van der Waals surface area (Å²) < 4.78 is 24.0. The predicted molar refractivity (Wildman–Crippen MR) is 114 cm³/mol. The summed E-state index contributed by atoms with van der Waals surface area (Å²) in [7, 11) is 0. The highest BCUT2D eigenvalue weighted by Crippen LogP contribution is 2.82. The van der Waals surface area contributed by atoms with Crippen molar-refractivity contribution >= 4 is 17.7 Å². The molecule has 3 saturated heterocycles. The number of cyclic esters (lactones) is 1. The first-order valence-electron chi connectivity index (χ1n) is 12.4. The lowest BCUT2D eigenvalue weighted by Crippen LogP contribution is -2.72. The summed E-state index contributed by atoms with van der Waals surface area (Å²) in [5.41, 5.74) is -2.65. The van der Waals surface area contributed by atoms with E-state index in [2.05, 4.69) is 6.92 Å². The molecule has 3 aliphatic heterocycles. The second kappa shape index (κ2) is 5.95. The van der Waals surface area contributed by atoms with Crippen LogP contribution in [-0.4, -0.2) is 39.8 Å². The minimum atomic E-state index is -1.72. The Bertz CT molecular complexity index is 1120. The van der Waals surface area contributed by atoms with Gasteiger partial charge in [0.15, 0.2) is 5.60 Å². The highest BCUT2D eigenvalue weighted by atomic mass is 16.7. The van der Waals surface area contributed by atoms with Gasteiger partial charge < -0.3 is 23.7 Å². The fraction of sp³-hybridized carbons (Fsp3) is 0.731. The molecule has 7 rings (SSSR count). The number of carbonyl (C=O) groups excluding carboxylic acids is 3. The summed E-state index contributed by atoms with van der Waals surface area (Å²) in [6.07, 6.45) is 5.00. The molecule has 8 nitrogen and oxygen atoms in total. The first-order chi connectivity index (χ1) is 16.0. The maximum Gasteiger partial charge on any atom is 0.306 e. The number of ether oxygens (including phenoxy) is 3. The molecule has 3 aliphatic carbocycles. The van der Waals surface area contributed by atoms with Gasteiger partial charge in [-0.15, -0.1) is 0 Å². The Hall–Kier alpha value is -2.19. The van der Waals surface area contributed by atoms with Crippen LogP contribution in [0.4, 0.5) is 0 Å². The molecule has 1 N–H and O–H groups in total. The Balaban J connectivity index is 1.42. The van der Waals surface area contributed by atoms with Crippen LogP contribution in [0, 0.1) is 34.5 Å². The van der Waals surface area contributed by atoms with Gasteiger partial charge in [0.05, 0.1) is 30.5 Å². The van der Waals surface area contributed by atoms with Crippen LogP contribution in [0.25, 0.3) is 0 Å². The lowest BCUT2D eigenvalue weighted by molar-refractivity contribution is -0.425. The van der Waals surface area contributed by atoms with Gasteiger partial charge in [0.2, 0.25) is 5.79 Å². The van der Waals surface area contributed by atoms with Crippen LogP contribution in [-0.2, 0) is 28.6 Å². The monoisotopic (exact) mass is 470 g/mol. The lowest BCUT2D eigenvalue weighted by Gasteiger charge is -2.64. The molecule has 0 radical (unpaired) electrons. The fourth-order valence-corrected chi connectivity index (χ4v) is 9.37. The number of ketones is 1. The Morgan fingerprint density at radius 2 is 1.76 bits per heavy atom. The number of esters is 2. The predicted octanol–water partition coefficient (Wildman–Crippen LogP) is 3.08. The SMILES string of the molecule is CC1(C)C(=O)C[C@@H]2[C@]34O[C@@]2(O)[C@]2(OC(=O)CC[C@@H]12)[C@@H]3CC[C@@]1(C)[C@H](c2ccoc2)OC(=O)C[C@@H]14. The summed E-state index contributed by atoms with van der Waals surface area (Å²) in [5.74, 6) is -3.81. The largest absolute Gasteiger partial charge is 0.472 e. The molecule has 34 heavy (non-hydrogen) atoms. The van der Waals surface area contributed by atoms with Gasteiger partial charge in [0, 0.05) is 47.0 Å². The van der Waals surface area contributed by atoms with E-state index in [0.29, 0.717) is 19.3 Å². The quantitative estimate of drug-likeness (QED) is 0.623. The van der Waals surface area contributed by atoms with E-state index in [1.54, 1.807) is 12.5 Å². The van der Waals surface area contributed by atoms with Crippen molar-refractivity contribution < 1.29 is 38.1 Å². The van der Waals surface area contributed by atoms with Crippen molar-refractivity contribution in [2.75, 3.05) is 0 Å². The number of hydrogen-bond donors (Lipinski definition) is 1. The summed E-state index contributed by atoms with van der Waals surface area (Å²) in [6.45, 7) is 5.93. The molecule has 3 saturated carbocycles. The molecule has 8 heteroatoms. The summed E-state index contributed by atoms with van der Waals surface area (Å²) in [5, 5.41) is 12.1. The first kappa shape index (κ1) is 21.1. The van der Waals surface area contributed by atoms with Gasteiger partial charge in [0.25, 0.3) is 0 Å². The van der Waals surface area contributed by atoms with E-state index in [9.17, 15) is 19.5 Å². The van der Waals surface area contributed by atoms with Gasteiger partial charge in [0.1, 0.15) is 11.9 Å². The minimum absolute atomic E-state index is 0.0546. The molecule has 0 unspecified atom stereocenters. The van der Waals surface area contributed by atoms with Crippen molar-refractivity contribution in [3.05, 3.63) is 24.2 Å². The Morgan fingerprint density at radius 1 is 0.971 bits per heavy atom. The number of fused-ring (bicyclic) bond motifs is 1. The van der Waals surface area contributed by atoms with Crippen molar-refractivity contribution in [1.29, 1.82) is 0 Å². The highest BCUT2D eigenvalue weighted by molar-refractivity contribution is 5.87. The average Bonchev–Trinajstić information content (AvgIpc) is 3.40. The van der Waals surface area contributed by atoms with Crippen molar-refractivity contribution in [3.8, 4) is 0 Å². The number of furan rings is 1.